The second kappa shape index (κ2) is 8.31. The Balaban J connectivity index is 1.61. The maximum Gasteiger partial charge on any atom is 0.253 e. The van der Waals surface area contributed by atoms with Crippen LogP contribution in [0.15, 0.2) is 65.7 Å². The molecule has 6 nitrogen and oxygen atoms in total. The average molecular weight is 363 g/mol. The van der Waals surface area contributed by atoms with Gasteiger partial charge in [0.15, 0.2) is 0 Å². The van der Waals surface area contributed by atoms with Crippen LogP contribution in [0.4, 0.5) is 0 Å². The number of benzene rings is 2. The van der Waals surface area contributed by atoms with E-state index in [2.05, 4.69) is 10.3 Å². The van der Waals surface area contributed by atoms with Crippen LogP contribution in [-0.2, 0) is 6.54 Å². The second-order valence-electron chi connectivity index (χ2n) is 6.16. The molecule has 27 heavy (non-hydrogen) atoms. The third kappa shape index (κ3) is 4.61. The Hall–Kier alpha value is -3.41. The van der Waals surface area contributed by atoms with Gasteiger partial charge in [0, 0.05) is 30.3 Å². The maximum atomic E-state index is 12.3. The zero-order valence-electron chi connectivity index (χ0n) is 15.3. The Morgan fingerprint density at radius 1 is 1.11 bits per heavy atom. The Bertz CT molecular complexity index is 977. The first kappa shape index (κ1) is 18.4. The smallest absolute Gasteiger partial charge is 0.253 e. The first-order chi connectivity index (χ1) is 13.1. The van der Waals surface area contributed by atoms with Crippen LogP contribution < -0.4 is 15.6 Å². The number of carbonyl (C=O) groups excluding carboxylic acids is 1. The molecule has 138 valence electrons. The second-order valence-corrected chi connectivity index (χ2v) is 6.16. The van der Waals surface area contributed by atoms with Crippen molar-refractivity contribution in [3.05, 3.63) is 82.4 Å². The molecule has 0 saturated carbocycles. The monoisotopic (exact) mass is 363 g/mol. The number of hydrogen-bond acceptors (Lipinski definition) is 4. The Kier molecular flexibility index (Phi) is 5.66. The van der Waals surface area contributed by atoms with Crippen LogP contribution in [0.1, 0.15) is 15.9 Å². The Labute approximate surface area is 157 Å². The van der Waals surface area contributed by atoms with E-state index in [-0.39, 0.29) is 11.5 Å². The summed E-state index contributed by atoms with van der Waals surface area (Å²) in [5.41, 5.74) is 2.97. The molecular weight excluding hydrogens is 342 g/mol. The highest BCUT2D eigenvalue weighted by Crippen LogP contribution is 2.19. The van der Waals surface area contributed by atoms with Gasteiger partial charge in [0.1, 0.15) is 5.75 Å². The minimum Gasteiger partial charge on any atom is -0.497 e. The van der Waals surface area contributed by atoms with Gasteiger partial charge in [0.05, 0.1) is 19.1 Å². The van der Waals surface area contributed by atoms with Crippen molar-refractivity contribution in [1.29, 1.82) is 0 Å². The summed E-state index contributed by atoms with van der Waals surface area (Å²) in [6.07, 6.45) is 1.50. The van der Waals surface area contributed by atoms with Gasteiger partial charge in [0.25, 0.3) is 11.5 Å². The molecule has 3 aromatic rings. The number of nitrogens with one attached hydrogen (secondary N) is 1. The largest absolute Gasteiger partial charge is 0.497 e. The van der Waals surface area contributed by atoms with E-state index < -0.39 is 0 Å². The van der Waals surface area contributed by atoms with Crippen LogP contribution in [0.25, 0.3) is 11.3 Å². The summed E-state index contributed by atoms with van der Waals surface area (Å²) < 4.78 is 6.60. The van der Waals surface area contributed by atoms with Crippen molar-refractivity contribution in [2.75, 3.05) is 13.7 Å². The summed E-state index contributed by atoms with van der Waals surface area (Å²) in [6.45, 7) is 2.67. The zero-order chi connectivity index (χ0) is 19.2. The first-order valence-electron chi connectivity index (χ1n) is 8.62. The predicted octanol–water partition coefficient (Wildman–Crippen LogP) is 2.66. The van der Waals surface area contributed by atoms with Gasteiger partial charge >= 0.3 is 0 Å². The molecule has 1 heterocycles. The van der Waals surface area contributed by atoms with Crippen LogP contribution in [0.3, 0.4) is 0 Å². The highest BCUT2D eigenvalue weighted by molar-refractivity contribution is 5.94. The van der Waals surface area contributed by atoms with Crippen molar-refractivity contribution in [3.63, 3.8) is 0 Å². The lowest BCUT2D eigenvalue weighted by Crippen LogP contribution is -2.30. The van der Waals surface area contributed by atoms with E-state index >= 15 is 0 Å². The van der Waals surface area contributed by atoms with Gasteiger partial charge in [-0.1, -0.05) is 17.7 Å². The Morgan fingerprint density at radius 2 is 1.81 bits per heavy atom. The van der Waals surface area contributed by atoms with Crippen molar-refractivity contribution in [2.45, 2.75) is 13.5 Å². The SMILES string of the molecule is COc1ccc(-c2cc(=O)n(CCNC(=O)c3ccc(C)cc3)cn2)cc1. The number of rotatable bonds is 6. The Morgan fingerprint density at radius 3 is 2.44 bits per heavy atom. The standard InChI is InChI=1S/C21H21N3O3/c1-15-3-5-17(6-4-15)21(26)22-11-12-24-14-23-19(13-20(24)25)16-7-9-18(27-2)10-8-16/h3-10,13-14H,11-12H2,1-2H3,(H,22,26). The summed E-state index contributed by atoms with van der Waals surface area (Å²) in [7, 11) is 1.60. The minimum atomic E-state index is -0.166. The molecule has 0 aliphatic carbocycles. The zero-order valence-corrected chi connectivity index (χ0v) is 15.3. The molecule has 1 amide bonds. The number of nitrogens with zero attached hydrogens (tertiary/aromatic N) is 2. The third-order valence-corrected chi connectivity index (χ3v) is 4.22. The van der Waals surface area contributed by atoms with Crippen molar-refractivity contribution >= 4 is 5.91 Å². The average Bonchev–Trinajstić information content (AvgIpc) is 2.69. The van der Waals surface area contributed by atoms with E-state index in [1.807, 2.05) is 43.3 Å². The molecule has 0 atom stereocenters. The quantitative estimate of drug-likeness (QED) is 0.731. The molecule has 0 aliphatic rings. The van der Waals surface area contributed by atoms with E-state index in [1.54, 1.807) is 19.2 Å². The van der Waals surface area contributed by atoms with Gasteiger partial charge in [-0.05, 0) is 43.3 Å². The molecule has 0 spiro atoms. The van der Waals surface area contributed by atoms with E-state index in [4.69, 9.17) is 4.74 Å². The summed E-state index contributed by atoms with van der Waals surface area (Å²) in [6, 6.07) is 16.2. The molecular formula is C21H21N3O3. The fraction of sp³-hybridized carbons (Fsp3) is 0.190. The maximum absolute atomic E-state index is 12.3. The van der Waals surface area contributed by atoms with E-state index in [0.717, 1.165) is 16.9 Å². The fourth-order valence-electron chi connectivity index (χ4n) is 2.61. The summed E-state index contributed by atoms with van der Waals surface area (Å²) >= 11 is 0. The van der Waals surface area contributed by atoms with Gasteiger partial charge in [-0.25, -0.2) is 4.98 Å². The molecule has 0 unspecified atom stereocenters. The normalized spacial score (nSPS) is 10.4. The number of aryl methyl sites for hydroxylation is 1. The topological polar surface area (TPSA) is 73.2 Å². The molecule has 1 aromatic heterocycles. The van der Waals surface area contributed by atoms with Crippen molar-refractivity contribution in [1.82, 2.24) is 14.9 Å². The van der Waals surface area contributed by atoms with Gasteiger partial charge in [-0.2, -0.15) is 0 Å². The van der Waals surface area contributed by atoms with Crippen LogP contribution in [0, 0.1) is 6.92 Å². The molecule has 3 rings (SSSR count). The van der Waals surface area contributed by atoms with Gasteiger partial charge in [-0.15, -0.1) is 0 Å². The lowest BCUT2D eigenvalue weighted by Gasteiger charge is -2.09. The lowest BCUT2D eigenvalue weighted by atomic mass is 10.1. The molecule has 6 heteroatoms. The number of amides is 1. The highest BCUT2D eigenvalue weighted by atomic mass is 16.5. The van der Waals surface area contributed by atoms with Crippen LogP contribution in [0.5, 0.6) is 5.75 Å². The molecule has 0 aliphatic heterocycles. The summed E-state index contributed by atoms with van der Waals surface area (Å²) in [5, 5.41) is 2.81. The number of carbonyl (C=O) groups is 1. The minimum absolute atomic E-state index is 0.161. The molecule has 0 fully saturated rings. The van der Waals surface area contributed by atoms with Crippen molar-refractivity contribution in [3.8, 4) is 17.0 Å². The van der Waals surface area contributed by atoms with Crippen LogP contribution >= 0.6 is 0 Å². The van der Waals surface area contributed by atoms with E-state index in [0.29, 0.717) is 24.3 Å². The summed E-state index contributed by atoms with van der Waals surface area (Å²) in [5.74, 6) is 0.585. The number of ether oxygens (including phenoxy) is 1. The number of methoxy groups -OCH3 is 1. The van der Waals surface area contributed by atoms with Crippen LogP contribution in [0.2, 0.25) is 0 Å². The van der Waals surface area contributed by atoms with Gasteiger partial charge < -0.3 is 10.1 Å². The first-order valence-corrected chi connectivity index (χ1v) is 8.62. The summed E-state index contributed by atoms with van der Waals surface area (Å²) in [4.78, 5) is 28.7. The predicted molar refractivity (Wildman–Crippen MR) is 104 cm³/mol. The lowest BCUT2D eigenvalue weighted by molar-refractivity contribution is 0.0952. The van der Waals surface area contributed by atoms with Crippen molar-refractivity contribution in [2.24, 2.45) is 0 Å². The highest BCUT2D eigenvalue weighted by Gasteiger charge is 2.06. The van der Waals surface area contributed by atoms with Gasteiger partial charge in [-0.3, -0.25) is 14.2 Å². The molecule has 0 bridgehead atoms. The third-order valence-electron chi connectivity index (χ3n) is 4.22. The van der Waals surface area contributed by atoms with E-state index in [1.165, 1.54) is 17.0 Å². The number of hydrogen-bond donors (Lipinski definition) is 1. The van der Waals surface area contributed by atoms with Crippen LogP contribution in [-0.4, -0.2) is 29.1 Å². The van der Waals surface area contributed by atoms with Crippen molar-refractivity contribution < 1.29 is 9.53 Å². The van der Waals surface area contributed by atoms with Gasteiger partial charge in [0.2, 0.25) is 0 Å². The van der Waals surface area contributed by atoms with E-state index in [9.17, 15) is 9.59 Å². The number of aromatic nitrogens is 2. The fourth-order valence-corrected chi connectivity index (χ4v) is 2.61. The molecule has 0 saturated heterocycles. The molecule has 1 N–H and O–H groups in total. The molecule has 2 aromatic carbocycles. The molecule has 0 radical (unpaired) electrons.